The fourth-order valence-corrected chi connectivity index (χ4v) is 3.14. The Labute approximate surface area is 136 Å². The van der Waals surface area contributed by atoms with Gasteiger partial charge in [-0.1, -0.05) is 11.8 Å². The molecule has 0 bridgehead atoms. The van der Waals surface area contributed by atoms with E-state index in [-0.39, 0.29) is 18.9 Å². The van der Waals surface area contributed by atoms with Gasteiger partial charge in [0.05, 0.1) is 18.9 Å². The van der Waals surface area contributed by atoms with Crippen LogP contribution in [-0.4, -0.2) is 76.9 Å². The number of amides is 4. The number of nitrogens with one attached hydrogen (secondary N) is 1. The van der Waals surface area contributed by atoms with E-state index in [2.05, 4.69) is 10.3 Å². The molecule has 0 spiro atoms. The number of fused-ring (bicyclic) bond motifs is 1. The van der Waals surface area contributed by atoms with E-state index in [9.17, 15) is 19.2 Å². The third-order valence-corrected chi connectivity index (χ3v) is 4.25. The molecule has 1 saturated heterocycles. The molecule has 23 heavy (non-hydrogen) atoms. The zero-order valence-corrected chi connectivity index (χ0v) is 13.5. The fraction of sp³-hybridized carbons (Fsp3) is 0.583. The molecule has 2 aliphatic heterocycles. The number of amidine groups is 1. The predicted octanol–water partition coefficient (Wildman–Crippen LogP) is -1.68. The molecule has 0 aromatic heterocycles. The number of thioether (sulfide) groups is 1. The number of nitrogens with zero attached hydrogens (tertiary/aromatic N) is 3. The molecule has 2 rings (SSSR count). The number of carbonyl (C=O) groups excluding carboxylic acids is 4. The fourth-order valence-electron chi connectivity index (χ4n) is 2.28. The van der Waals surface area contributed by atoms with Crippen molar-refractivity contribution < 1.29 is 23.9 Å². The van der Waals surface area contributed by atoms with Gasteiger partial charge in [-0.25, -0.2) is 9.79 Å². The topological polar surface area (TPSA) is 134 Å². The van der Waals surface area contributed by atoms with Gasteiger partial charge < -0.3 is 20.3 Å². The number of hydrogen-bond donors (Lipinski definition) is 2. The number of ether oxygens (including phenoxy) is 1. The van der Waals surface area contributed by atoms with Crippen LogP contribution in [0.4, 0.5) is 4.79 Å². The number of primary amides is 1. The summed E-state index contributed by atoms with van der Waals surface area (Å²) in [6.45, 7) is 1.70. The van der Waals surface area contributed by atoms with Crippen LogP contribution < -0.4 is 11.1 Å². The Kier molecular flexibility index (Phi) is 5.08. The first-order valence-electron chi connectivity index (χ1n) is 6.84. The maximum Gasteiger partial charge on any atom is 0.325 e. The molecule has 0 aliphatic carbocycles. The molecule has 1 fully saturated rings. The number of nitrogens with two attached hydrogens (primary N) is 1. The van der Waals surface area contributed by atoms with Gasteiger partial charge in [0, 0.05) is 7.05 Å². The molecule has 0 saturated carbocycles. The van der Waals surface area contributed by atoms with Crippen LogP contribution in [0, 0.1) is 0 Å². The number of likely N-dealkylation sites (N-methyl/N-ethyl adjacent to an activating group) is 1. The number of hydrogen-bond acceptors (Lipinski definition) is 8. The second-order valence-corrected chi connectivity index (χ2v) is 5.81. The van der Waals surface area contributed by atoms with Crippen molar-refractivity contribution >= 4 is 40.7 Å². The van der Waals surface area contributed by atoms with Gasteiger partial charge in [0.25, 0.3) is 5.91 Å². The predicted molar refractivity (Wildman–Crippen MR) is 81.3 cm³/mol. The molecule has 10 nitrogen and oxygen atoms in total. The van der Waals surface area contributed by atoms with Crippen molar-refractivity contribution in [2.75, 3.05) is 26.0 Å². The van der Waals surface area contributed by atoms with Gasteiger partial charge in [-0.15, -0.1) is 0 Å². The molecule has 0 aromatic carbocycles. The quantitative estimate of drug-likeness (QED) is 0.569. The monoisotopic (exact) mass is 343 g/mol. The Morgan fingerprint density at radius 1 is 1.43 bits per heavy atom. The van der Waals surface area contributed by atoms with Crippen LogP contribution >= 0.6 is 11.8 Å². The van der Waals surface area contributed by atoms with Crippen molar-refractivity contribution in [3.63, 3.8) is 0 Å². The van der Waals surface area contributed by atoms with E-state index < -0.39 is 36.0 Å². The minimum absolute atomic E-state index is 0.0271. The van der Waals surface area contributed by atoms with Crippen LogP contribution in [0.1, 0.15) is 6.92 Å². The summed E-state index contributed by atoms with van der Waals surface area (Å²) < 4.78 is 4.83. The Balaban J connectivity index is 2.19. The number of aliphatic imine (C=N–C) groups is 1. The van der Waals surface area contributed by atoms with Crippen molar-refractivity contribution in [1.29, 1.82) is 0 Å². The lowest BCUT2D eigenvalue weighted by Gasteiger charge is -2.35. The van der Waals surface area contributed by atoms with E-state index in [1.807, 2.05) is 0 Å². The second kappa shape index (κ2) is 6.86. The lowest BCUT2D eigenvalue weighted by Crippen LogP contribution is -2.64. The van der Waals surface area contributed by atoms with Gasteiger partial charge in [0.15, 0.2) is 17.4 Å². The van der Waals surface area contributed by atoms with Crippen molar-refractivity contribution in [2.24, 2.45) is 10.7 Å². The van der Waals surface area contributed by atoms with E-state index in [0.29, 0.717) is 5.17 Å². The molecule has 2 atom stereocenters. The summed E-state index contributed by atoms with van der Waals surface area (Å²) in [5.41, 5.74) is 5.22. The molecule has 126 valence electrons. The average molecular weight is 343 g/mol. The molecular weight excluding hydrogens is 326 g/mol. The summed E-state index contributed by atoms with van der Waals surface area (Å²) in [5.74, 6) is -1.68. The lowest BCUT2D eigenvalue weighted by atomic mass is 10.1. The lowest BCUT2D eigenvalue weighted by molar-refractivity contribution is -0.139. The number of carbonyl (C=O) groups is 4. The SMILES string of the molecule is CCOC(=O)CSC1=NC2C(C(=O)NC(=O)N2C)N1CC(N)=O. The molecule has 0 radical (unpaired) electrons. The average Bonchev–Trinajstić information content (AvgIpc) is 2.81. The molecule has 3 N–H and O–H groups in total. The molecule has 11 heteroatoms. The number of esters is 1. The minimum atomic E-state index is -0.852. The number of rotatable bonds is 5. The highest BCUT2D eigenvalue weighted by Gasteiger charge is 2.49. The van der Waals surface area contributed by atoms with E-state index in [1.54, 1.807) is 6.92 Å². The highest BCUT2D eigenvalue weighted by molar-refractivity contribution is 8.14. The van der Waals surface area contributed by atoms with Crippen LogP contribution in [0.15, 0.2) is 4.99 Å². The van der Waals surface area contributed by atoms with Gasteiger partial charge in [0.1, 0.15) is 0 Å². The highest BCUT2D eigenvalue weighted by atomic mass is 32.2. The zero-order chi connectivity index (χ0) is 17.1. The summed E-state index contributed by atoms with van der Waals surface area (Å²) in [6, 6.07) is -1.43. The van der Waals surface area contributed by atoms with E-state index in [0.717, 1.165) is 11.8 Å². The van der Waals surface area contributed by atoms with Crippen molar-refractivity contribution in [3.05, 3.63) is 0 Å². The van der Waals surface area contributed by atoms with Crippen LogP contribution in [0.25, 0.3) is 0 Å². The zero-order valence-electron chi connectivity index (χ0n) is 12.6. The first kappa shape index (κ1) is 17.1. The molecule has 4 amide bonds. The third kappa shape index (κ3) is 3.55. The maximum absolute atomic E-state index is 12.1. The van der Waals surface area contributed by atoms with Gasteiger partial charge in [-0.05, 0) is 6.92 Å². The van der Waals surface area contributed by atoms with Gasteiger partial charge >= 0.3 is 12.0 Å². The van der Waals surface area contributed by atoms with Gasteiger partial charge in [-0.2, -0.15) is 0 Å². The molecule has 2 unspecified atom stereocenters. The van der Waals surface area contributed by atoms with Gasteiger partial charge in [-0.3, -0.25) is 19.7 Å². The smallest absolute Gasteiger partial charge is 0.325 e. The third-order valence-electron chi connectivity index (χ3n) is 3.27. The van der Waals surface area contributed by atoms with Crippen molar-refractivity contribution in [1.82, 2.24) is 15.1 Å². The number of imide groups is 1. The van der Waals surface area contributed by atoms with Gasteiger partial charge in [0.2, 0.25) is 5.91 Å². The summed E-state index contributed by atoms with van der Waals surface area (Å²) in [7, 11) is 1.49. The maximum atomic E-state index is 12.1. The number of urea groups is 1. The van der Waals surface area contributed by atoms with Crippen molar-refractivity contribution in [2.45, 2.75) is 19.1 Å². The Bertz CT molecular complexity index is 580. The molecule has 0 aromatic rings. The Morgan fingerprint density at radius 3 is 2.74 bits per heavy atom. The minimum Gasteiger partial charge on any atom is -0.465 e. The largest absolute Gasteiger partial charge is 0.465 e. The summed E-state index contributed by atoms with van der Waals surface area (Å²) in [4.78, 5) is 53.5. The van der Waals surface area contributed by atoms with E-state index >= 15 is 0 Å². The summed E-state index contributed by atoms with van der Waals surface area (Å²) in [6.07, 6.45) is -0.764. The molecule has 2 heterocycles. The summed E-state index contributed by atoms with van der Waals surface area (Å²) >= 11 is 1.03. The van der Waals surface area contributed by atoms with Crippen LogP contribution in [0.3, 0.4) is 0 Å². The van der Waals surface area contributed by atoms with Crippen LogP contribution in [0.5, 0.6) is 0 Å². The first-order valence-corrected chi connectivity index (χ1v) is 7.82. The highest BCUT2D eigenvalue weighted by Crippen LogP contribution is 2.28. The Hall–Kier alpha value is -2.30. The normalized spacial score (nSPS) is 23.3. The van der Waals surface area contributed by atoms with Crippen LogP contribution in [-0.2, 0) is 19.1 Å². The summed E-state index contributed by atoms with van der Waals surface area (Å²) in [5, 5.41) is 2.48. The van der Waals surface area contributed by atoms with Crippen molar-refractivity contribution in [3.8, 4) is 0 Å². The molecule has 2 aliphatic rings. The van der Waals surface area contributed by atoms with E-state index in [4.69, 9.17) is 10.5 Å². The van der Waals surface area contributed by atoms with E-state index in [1.165, 1.54) is 16.8 Å². The first-order chi connectivity index (χ1) is 10.8. The van der Waals surface area contributed by atoms with Crippen LogP contribution in [0.2, 0.25) is 0 Å². The second-order valence-electron chi connectivity index (χ2n) is 4.86. The Morgan fingerprint density at radius 2 is 2.13 bits per heavy atom. The standard InChI is InChI=1S/C12H17N5O5S/c1-3-22-7(19)5-23-12-14-9-8(17(12)4-6(13)18)10(20)15-11(21)16(9)2/h8-9H,3-5H2,1-2H3,(H2,13,18)(H,15,20,21). The molecular formula is C12H17N5O5S.